The third kappa shape index (κ3) is 5.18. The molecule has 156 valence electrons. The summed E-state index contributed by atoms with van der Waals surface area (Å²) in [4.78, 5) is 26.7. The van der Waals surface area contributed by atoms with Gasteiger partial charge >= 0.3 is 12.2 Å². The van der Waals surface area contributed by atoms with Crippen molar-refractivity contribution in [3.8, 4) is 6.07 Å². The van der Waals surface area contributed by atoms with Crippen molar-refractivity contribution in [2.24, 2.45) is 0 Å². The van der Waals surface area contributed by atoms with Crippen LogP contribution >= 0.6 is 0 Å². The highest BCUT2D eigenvalue weighted by molar-refractivity contribution is 5.71. The van der Waals surface area contributed by atoms with Crippen molar-refractivity contribution >= 4 is 12.2 Å². The zero-order valence-electron chi connectivity index (χ0n) is 17.0. The van der Waals surface area contributed by atoms with Crippen LogP contribution < -0.4 is 5.32 Å². The first-order chi connectivity index (χ1) is 13.7. The molecule has 2 amide bonds. The summed E-state index contributed by atoms with van der Waals surface area (Å²) in [7, 11) is 0. The predicted molar refractivity (Wildman–Crippen MR) is 104 cm³/mol. The number of alkyl carbamates (subject to hydrolysis) is 1. The summed E-state index contributed by atoms with van der Waals surface area (Å²) in [6.07, 6.45) is -0.576. The Morgan fingerprint density at radius 3 is 2.41 bits per heavy atom. The Labute approximate surface area is 170 Å². The molecule has 2 aliphatic rings. The second-order valence-corrected chi connectivity index (χ2v) is 8.52. The monoisotopic (exact) mass is 401 g/mol. The van der Waals surface area contributed by atoms with E-state index in [1.807, 2.05) is 30.3 Å². The molecule has 0 saturated carbocycles. The molecule has 2 fully saturated rings. The molecule has 8 nitrogen and oxygen atoms in total. The van der Waals surface area contributed by atoms with Gasteiger partial charge in [-0.05, 0) is 26.3 Å². The van der Waals surface area contributed by atoms with Gasteiger partial charge in [0, 0.05) is 12.8 Å². The molecule has 2 aliphatic heterocycles. The number of amides is 2. The standard InChI is InChI=1S/C21H27N3O5/c1-20(2,3)29-18(25)23-21(14-22)9-16-12-27-13-17(10-21)24(16)19(26)28-11-15-7-5-4-6-8-15/h4-8,16-17H,9-13H2,1-3H3,(H,23,25). The zero-order chi connectivity index (χ0) is 21.1. The zero-order valence-corrected chi connectivity index (χ0v) is 17.0. The molecule has 8 heteroatoms. The number of carbonyl (C=O) groups excluding carboxylic acids is 2. The number of hydrogen-bond acceptors (Lipinski definition) is 6. The molecule has 2 unspecified atom stereocenters. The first-order valence-electron chi connectivity index (χ1n) is 9.70. The molecule has 1 aromatic carbocycles. The molecule has 0 radical (unpaired) electrons. The highest BCUT2D eigenvalue weighted by Crippen LogP contribution is 2.35. The molecule has 0 aromatic heterocycles. The summed E-state index contributed by atoms with van der Waals surface area (Å²) in [5.74, 6) is 0. The summed E-state index contributed by atoms with van der Waals surface area (Å²) >= 11 is 0. The SMILES string of the molecule is CC(C)(C)OC(=O)NC1(C#N)CC2COCC(C1)N2C(=O)OCc1ccccc1. The summed E-state index contributed by atoms with van der Waals surface area (Å²) in [5.41, 5.74) is -0.878. The third-order valence-corrected chi connectivity index (χ3v) is 4.95. The second-order valence-electron chi connectivity index (χ2n) is 8.52. The van der Waals surface area contributed by atoms with Gasteiger partial charge in [-0.25, -0.2) is 9.59 Å². The van der Waals surface area contributed by atoms with Gasteiger partial charge in [0.05, 0.1) is 31.4 Å². The van der Waals surface area contributed by atoms with E-state index in [0.717, 1.165) is 5.56 Å². The molecule has 2 bridgehead atoms. The predicted octanol–water partition coefficient (Wildman–Crippen LogP) is 2.97. The molecule has 1 aromatic rings. The van der Waals surface area contributed by atoms with Gasteiger partial charge in [0.1, 0.15) is 17.7 Å². The van der Waals surface area contributed by atoms with Gasteiger partial charge in [-0.1, -0.05) is 30.3 Å². The Kier molecular flexibility index (Phi) is 5.99. The van der Waals surface area contributed by atoms with Gasteiger partial charge in [0.2, 0.25) is 0 Å². The molecule has 1 N–H and O–H groups in total. The lowest BCUT2D eigenvalue weighted by Gasteiger charge is -2.50. The van der Waals surface area contributed by atoms with E-state index < -0.39 is 23.3 Å². The topological polar surface area (TPSA) is 101 Å². The Balaban J connectivity index is 1.67. The Bertz CT molecular complexity index is 770. The van der Waals surface area contributed by atoms with E-state index >= 15 is 0 Å². The van der Waals surface area contributed by atoms with Gasteiger partial charge in [-0.15, -0.1) is 0 Å². The Morgan fingerprint density at radius 1 is 1.24 bits per heavy atom. The van der Waals surface area contributed by atoms with E-state index in [0.29, 0.717) is 0 Å². The minimum absolute atomic E-state index is 0.177. The fourth-order valence-corrected chi connectivity index (χ4v) is 3.81. The number of piperidine rings is 1. The number of morpholine rings is 1. The van der Waals surface area contributed by atoms with E-state index in [4.69, 9.17) is 14.2 Å². The lowest BCUT2D eigenvalue weighted by molar-refractivity contribution is -0.0819. The normalized spacial score (nSPS) is 26.2. The van der Waals surface area contributed by atoms with Gasteiger partial charge in [-0.3, -0.25) is 4.90 Å². The van der Waals surface area contributed by atoms with Crippen molar-refractivity contribution in [1.29, 1.82) is 5.26 Å². The van der Waals surface area contributed by atoms with Crippen molar-refractivity contribution in [1.82, 2.24) is 10.2 Å². The number of carbonyl (C=O) groups is 2. The molecule has 2 heterocycles. The van der Waals surface area contributed by atoms with Gasteiger partial charge in [0.15, 0.2) is 0 Å². The summed E-state index contributed by atoms with van der Waals surface area (Å²) in [6, 6.07) is 11.0. The molecule has 29 heavy (non-hydrogen) atoms. The van der Waals surface area contributed by atoms with Crippen molar-refractivity contribution in [2.45, 2.75) is 63.4 Å². The number of nitrogens with zero attached hydrogens (tertiary/aromatic N) is 2. The number of nitrogens with one attached hydrogen (secondary N) is 1. The number of hydrogen-bond donors (Lipinski definition) is 1. The van der Waals surface area contributed by atoms with Crippen LogP contribution in [0.15, 0.2) is 30.3 Å². The van der Waals surface area contributed by atoms with Crippen LogP contribution in [0.25, 0.3) is 0 Å². The molecule has 2 atom stereocenters. The Hall–Kier alpha value is -2.79. The van der Waals surface area contributed by atoms with Crippen LogP contribution in [0.1, 0.15) is 39.2 Å². The molecule has 0 aliphatic carbocycles. The summed E-state index contributed by atoms with van der Waals surface area (Å²) in [6.45, 7) is 6.04. The first kappa shape index (κ1) is 20.9. The maximum absolute atomic E-state index is 12.7. The molecule has 0 spiro atoms. The fraction of sp³-hybridized carbons (Fsp3) is 0.571. The number of nitriles is 1. The van der Waals surface area contributed by atoms with Crippen molar-refractivity contribution in [3.05, 3.63) is 35.9 Å². The van der Waals surface area contributed by atoms with Crippen LogP contribution in [-0.4, -0.2) is 53.5 Å². The van der Waals surface area contributed by atoms with Crippen LogP contribution in [-0.2, 0) is 20.8 Å². The highest BCUT2D eigenvalue weighted by atomic mass is 16.6. The van der Waals surface area contributed by atoms with Gasteiger partial charge < -0.3 is 19.5 Å². The summed E-state index contributed by atoms with van der Waals surface area (Å²) < 4.78 is 16.4. The van der Waals surface area contributed by atoms with Crippen LogP contribution in [0.3, 0.4) is 0 Å². The molecular formula is C21H27N3O5. The van der Waals surface area contributed by atoms with Crippen LogP contribution in [0.2, 0.25) is 0 Å². The van der Waals surface area contributed by atoms with Crippen LogP contribution in [0.5, 0.6) is 0 Å². The largest absolute Gasteiger partial charge is 0.445 e. The fourth-order valence-electron chi connectivity index (χ4n) is 3.81. The smallest absolute Gasteiger partial charge is 0.410 e. The minimum atomic E-state index is -1.11. The Morgan fingerprint density at radius 2 is 1.86 bits per heavy atom. The van der Waals surface area contributed by atoms with Crippen LogP contribution in [0.4, 0.5) is 9.59 Å². The molecular weight excluding hydrogens is 374 g/mol. The lowest BCUT2D eigenvalue weighted by atomic mass is 9.79. The first-order valence-corrected chi connectivity index (χ1v) is 9.70. The average molecular weight is 401 g/mol. The average Bonchev–Trinajstić information content (AvgIpc) is 2.64. The van der Waals surface area contributed by atoms with Crippen molar-refractivity contribution < 1.29 is 23.8 Å². The number of benzene rings is 1. The van der Waals surface area contributed by atoms with Gasteiger partial charge in [-0.2, -0.15) is 5.26 Å². The van der Waals surface area contributed by atoms with Crippen LogP contribution in [0, 0.1) is 11.3 Å². The van der Waals surface area contributed by atoms with E-state index in [1.165, 1.54) is 0 Å². The minimum Gasteiger partial charge on any atom is -0.445 e. The summed E-state index contributed by atoms with van der Waals surface area (Å²) in [5, 5.41) is 12.6. The maximum atomic E-state index is 12.7. The molecule has 2 saturated heterocycles. The highest BCUT2D eigenvalue weighted by Gasteiger charge is 2.51. The van der Waals surface area contributed by atoms with Crippen molar-refractivity contribution in [2.75, 3.05) is 13.2 Å². The van der Waals surface area contributed by atoms with Gasteiger partial charge in [0.25, 0.3) is 0 Å². The van der Waals surface area contributed by atoms with E-state index in [9.17, 15) is 14.9 Å². The van der Waals surface area contributed by atoms with E-state index in [2.05, 4.69) is 11.4 Å². The second kappa shape index (κ2) is 8.29. The maximum Gasteiger partial charge on any atom is 0.410 e. The van der Waals surface area contributed by atoms with E-state index in [1.54, 1.807) is 25.7 Å². The lowest BCUT2D eigenvalue weighted by Crippen LogP contribution is -2.67. The van der Waals surface area contributed by atoms with E-state index in [-0.39, 0.29) is 44.7 Å². The number of fused-ring (bicyclic) bond motifs is 2. The number of rotatable bonds is 3. The number of ether oxygens (including phenoxy) is 3. The third-order valence-electron chi connectivity index (χ3n) is 4.95. The van der Waals surface area contributed by atoms with Crippen molar-refractivity contribution in [3.63, 3.8) is 0 Å². The molecule has 3 rings (SSSR count). The quantitative estimate of drug-likeness (QED) is 0.836.